The van der Waals surface area contributed by atoms with Gasteiger partial charge in [0, 0.05) is 17.8 Å². The molecule has 94 valence electrons. The molecular weight excluding hydrogens is 226 g/mol. The third kappa shape index (κ3) is 1.65. The van der Waals surface area contributed by atoms with Crippen LogP contribution in [0.3, 0.4) is 0 Å². The van der Waals surface area contributed by atoms with Crippen LogP contribution in [0.1, 0.15) is 37.7 Å². The van der Waals surface area contributed by atoms with Gasteiger partial charge in [-0.15, -0.1) is 0 Å². The molecule has 0 aromatic heterocycles. The van der Waals surface area contributed by atoms with Crippen molar-refractivity contribution in [2.75, 3.05) is 0 Å². The molecule has 1 saturated heterocycles. The van der Waals surface area contributed by atoms with E-state index < -0.39 is 0 Å². The van der Waals surface area contributed by atoms with Crippen molar-refractivity contribution in [2.24, 2.45) is 5.92 Å². The van der Waals surface area contributed by atoms with Crippen LogP contribution in [-0.4, -0.2) is 11.8 Å². The van der Waals surface area contributed by atoms with E-state index in [4.69, 9.17) is 0 Å². The fourth-order valence-electron chi connectivity index (χ4n) is 3.61. The molecule has 1 aliphatic heterocycles. The van der Waals surface area contributed by atoms with E-state index in [0.29, 0.717) is 6.42 Å². The Morgan fingerprint density at radius 1 is 1.11 bits per heavy atom. The second kappa shape index (κ2) is 4.23. The summed E-state index contributed by atoms with van der Waals surface area (Å²) in [6, 6.07) is 10.1. The average Bonchev–Trinajstić information content (AvgIpc) is 2.39. The molecule has 3 rings (SSSR count). The van der Waals surface area contributed by atoms with Crippen LogP contribution >= 0.6 is 0 Å². The van der Waals surface area contributed by atoms with Gasteiger partial charge in [-0.3, -0.25) is 14.9 Å². The quantitative estimate of drug-likeness (QED) is 0.768. The molecule has 1 aromatic rings. The predicted octanol–water partition coefficient (Wildman–Crippen LogP) is 2.16. The smallest absolute Gasteiger partial charge is 0.230 e. The van der Waals surface area contributed by atoms with Crippen LogP contribution in [-0.2, 0) is 15.0 Å². The van der Waals surface area contributed by atoms with E-state index >= 15 is 0 Å². The Kier molecular flexibility index (Phi) is 2.69. The zero-order chi connectivity index (χ0) is 12.6. The Morgan fingerprint density at radius 2 is 1.89 bits per heavy atom. The van der Waals surface area contributed by atoms with Gasteiger partial charge in [0.05, 0.1) is 0 Å². The van der Waals surface area contributed by atoms with Crippen molar-refractivity contribution in [3.8, 4) is 0 Å². The SMILES string of the molecule is O=C1CC2(c3ccccc3)CCCCC2C(=O)N1. The highest BCUT2D eigenvalue weighted by molar-refractivity contribution is 6.00. The topological polar surface area (TPSA) is 46.2 Å². The van der Waals surface area contributed by atoms with Gasteiger partial charge >= 0.3 is 0 Å². The molecule has 18 heavy (non-hydrogen) atoms. The van der Waals surface area contributed by atoms with E-state index in [1.54, 1.807) is 0 Å². The zero-order valence-corrected chi connectivity index (χ0v) is 10.3. The van der Waals surface area contributed by atoms with E-state index in [1.165, 1.54) is 0 Å². The summed E-state index contributed by atoms with van der Waals surface area (Å²) in [4.78, 5) is 23.9. The Balaban J connectivity index is 2.08. The maximum Gasteiger partial charge on any atom is 0.230 e. The molecule has 1 aliphatic carbocycles. The number of imide groups is 1. The van der Waals surface area contributed by atoms with Gasteiger partial charge in [0.2, 0.25) is 11.8 Å². The number of piperidine rings is 1. The summed E-state index contributed by atoms with van der Waals surface area (Å²) >= 11 is 0. The number of hydrogen-bond acceptors (Lipinski definition) is 2. The fourth-order valence-corrected chi connectivity index (χ4v) is 3.61. The van der Waals surface area contributed by atoms with E-state index in [9.17, 15) is 9.59 Å². The number of rotatable bonds is 1. The number of hydrogen-bond donors (Lipinski definition) is 1. The summed E-state index contributed by atoms with van der Waals surface area (Å²) in [5.74, 6) is -0.233. The van der Waals surface area contributed by atoms with Gasteiger partial charge in [0.1, 0.15) is 0 Å². The first-order valence-corrected chi connectivity index (χ1v) is 6.62. The summed E-state index contributed by atoms with van der Waals surface area (Å²) < 4.78 is 0. The largest absolute Gasteiger partial charge is 0.296 e. The van der Waals surface area contributed by atoms with Gasteiger partial charge in [-0.1, -0.05) is 43.2 Å². The molecule has 1 heterocycles. The van der Waals surface area contributed by atoms with Gasteiger partial charge in [-0.2, -0.15) is 0 Å². The van der Waals surface area contributed by atoms with Crippen LogP contribution in [0.25, 0.3) is 0 Å². The zero-order valence-electron chi connectivity index (χ0n) is 10.3. The van der Waals surface area contributed by atoms with Crippen LogP contribution in [0.5, 0.6) is 0 Å². The minimum Gasteiger partial charge on any atom is -0.296 e. The standard InChI is InChI=1S/C15H17NO2/c17-13-10-15(11-6-2-1-3-7-11)9-5-4-8-12(15)14(18)16-13/h1-3,6-7,12H,4-5,8-10H2,(H,16,17,18). The minimum atomic E-state index is -0.251. The summed E-state index contributed by atoms with van der Waals surface area (Å²) in [6.07, 6.45) is 4.48. The maximum atomic E-state index is 12.1. The number of carbonyl (C=O) groups is 2. The molecule has 0 radical (unpaired) electrons. The van der Waals surface area contributed by atoms with Crippen molar-refractivity contribution >= 4 is 11.8 Å². The molecule has 1 N–H and O–H groups in total. The highest BCUT2D eigenvalue weighted by Crippen LogP contribution is 2.48. The average molecular weight is 243 g/mol. The molecule has 2 atom stereocenters. The molecule has 3 nitrogen and oxygen atoms in total. The number of carbonyl (C=O) groups excluding carboxylic acids is 2. The molecule has 2 aliphatic rings. The van der Waals surface area contributed by atoms with Crippen molar-refractivity contribution in [3.63, 3.8) is 0 Å². The lowest BCUT2D eigenvalue weighted by Gasteiger charge is -2.46. The van der Waals surface area contributed by atoms with Crippen LogP contribution in [0.2, 0.25) is 0 Å². The highest BCUT2D eigenvalue weighted by atomic mass is 16.2. The number of amides is 2. The Labute approximate surface area is 107 Å². The number of fused-ring (bicyclic) bond motifs is 1. The van der Waals surface area contributed by atoms with Gasteiger partial charge < -0.3 is 0 Å². The molecule has 1 saturated carbocycles. The van der Waals surface area contributed by atoms with E-state index in [1.807, 2.05) is 18.2 Å². The molecule has 0 spiro atoms. The highest BCUT2D eigenvalue weighted by Gasteiger charge is 2.50. The van der Waals surface area contributed by atoms with E-state index in [0.717, 1.165) is 31.2 Å². The van der Waals surface area contributed by atoms with Gasteiger partial charge in [0.15, 0.2) is 0 Å². The molecule has 1 aromatic carbocycles. The van der Waals surface area contributed by atoms with Crippen LogP contribution < -0.4 is 5.32 Å². The van der Waals surface area contributed by atoms with Crippen LogP contribution in [0, 0.1) is 5.92 Å². The van der Waals surface area contributed by atoms with Gasteiger partial charge in [-0.25, -0.2) is 0 Å². The van der Waals surface area contributed by atoms with Crippen molar-refractivity contribution in [2.45, 2.75) is 37.5 Å². The number of nitrogens with one attached hydrogen (secondary N) is 1. The van der Waals surface area contributed by atoms with Crippen LogP contribution in [0.15, 0.2) is 30.3 Å². The number of benzene rings is 1. The monoisotopic (exact) mass is 243 g/mol. The van der Waals surface area contributed by atoms with Gasteiger partial charge in [-0.05, 0) is 18.4 Å². The molecular formula is C15H17NO2. The lowest BCUT2D eigenvalue weighted by molar-refractivity contribution is -0.141. The minimum absolute atomic E-state index is 0.0358. The van der Waals surface area contributed by atoms with Crippen LogP contribution in [0.4, 0.5) is 0 Å². The first-order chi connectivity index (χ1) is 8.72. The lowest BCUT2D eigenvalue weighted by atomic mass is 9.59. The predicted molar refractivity (Wildman–Crippen MR) is 67.8 cm³/mol. The van der Waals surface area contributed by atoms with Crippen molar-refractivity contribution < 1.29 is 9.59 Å². The molecule has 2 amide bonds. The Bertz CT molecular complexity index is 483. The van der Waals surface area contributed by atoms with E-state index in [2.05, 4.69) is 17.4 Å². The van der Waals surface area contributed by atoms with Crippen molar-refractivity contribution in [1.82, 2.24) is 5.32 Å². The summed E-state index contributed by atoms with van der Waals surface area (Å²) in [5, 5.41) is 2.50. The first-order valence-electron chi connectivity index (χ1n) is 6.62. The lowest BCUT2D eigenvalue weighted by Crippen LogP contribution is -2.55. The second-order valence-electron chi connectivity index (χ2n) is 5.41. The summed E-state index contributed by atoms with van der Waals surface area (Å²) in [5.41, 5.74) is 0.900. The summed E-state index contributed by atoms with van der Waals surface area (Å²) in [6.45, 7) is 0. The third-order valence-electron chi connectivity index (χ3n) is 4.44. The summed E-state index contributed by atoms with van der Waals surface area (Å²) in [7, 11) is 0. The Hall–Kier alpha value is -1.64. The fraction of sp³-hybridized carbons (Fsp3) is 0.467. The molecule has 2 fully saturated rings. The first kappa shape index (κ1) is 11.5. The molecule has 0 bridgehead atoms. The van der Waals surface area contributed by atoms with Gasteiger partial charge in [0.25, 0.3) is 0 Å². The molecule has 2 unspecified atom stereocenters. The van der Waals surface area contributed by atoms with Crippen molar-refractivity contribution in [3.05, 3.63) is 35.9 Å². The maximum absolute atomic E-state index is 12.1. The third-order valence-corrected chi connectivity index (χ3v) is 4.44. The normalized spacial score (nSPS) is 31.7. The van der Waals surface area contributed by atoms with Crippen molar-refractivity contribution in [1.29, 1.82) is 0 Å². The van der Waals surface area contributed by atoms with E-state index in [-0.39, 0.29) is 23.1 Å². The second-order valence-corrected chi connectivity index (χ2v) is 5.41. The molecule has 3 heteroatoms. The Morgan fingerprint density at radius 3 is 2.67 bits per heavy atom.